The van der Waals surface area contributed by atoms with Crippen LogP contribution in [-0.2, 0) is 16.0 Å². The number of benzene rings is 1. The van der Waals surface area contributed by atoms with Gasteiger partial charge in [-0.15, -0.1) is 0 Å². The molecule has 0 saturated heterocycles. The number of hydrogen-bond donors (Lipinski definition) is 3. The summed E-state index contributed by atoms with van der Waals surface area (Å²) in [5.74, 6) is -4.82. The van der Waals surface area contributed by atoms with E-state index in [1.165, 1.54) is 6.07 Å². The van der Waals surface area contributed by atoms with E-state index in [2.05, 4.69) is 0 Å². The van der Waals surface area contributed by atoms with Crippen LogP contribution in [0.1, 0.15) is 12.0 Å². The number of carboxylic acids is 2. The summed E-state index contributed by atoms with van der Waals surface area (Å²) < 4.78 is 13.4. The number of carboxylic acid groups (broad SMARTS) is 2. The summed E-state index contributed by atoms with van der Waals surface area (Å²) in [5, 5.41) is 28.2. The lowest BCUT2D eigenvalue weighted by Gasteiger charge is -2.15. The van der Waals surface area contributed by atoms with Gasteiger partial charge >= 0.3 is 17.6 Å². The van der Waals surface area contributed by atoms with Gasteiger partial charge in [0.2, 0.25) is 5.82 Å². The van der Waals surface area contributed by atoms with Gasteiger partial charge in [-0.3, -0.25) is 19.7 Å². The molecular weight excluding hydrogens is 287 g/mol. The number of nitrogens with two attached hydrogens (primary N) is 1. The van der Waals surface area contributed by atoms with Crippen LogP contribution < -0.4 is 5.73 Å². The number of halogens is 1. The highest BCUT2D eigenvalue weighted by molar-refractivity contribution is 5.76. The lowest BCUT2D eigenvalue weighted by atomic mass is 9.93. The maximum atomic E-state index is 13.4. The van der Waals surface area contributed by atoms with Crippen molar-refractivity contribution < 1.29 is 29.1 Å². The molecule has 0 heterocycles. The average Bonchev–Trinajstić information content (AvgIpc) is 2.37. The van der Waals surface area contributed by atoms with Crippen molar-refractivity contribution in [2.45, 2.75) is 18.9 Å². The van der Waals surface area contributed by atoms with E-state index in [-0.39, 0.29) is 18.4 Å². The molecule has 0 spiro atoms. The molecule has 0 fully saturated rings. The zero-order valence-electron chi connectivity index (χ0n) is 10.7. The van der Waals surface area contributed by atoms with Crippen LogP contribution >= 0.6 is 0 Å². The Labute approximate surface area is 118 Å². The number of hydrogen-bond acceptors (Lipinski definition) is 5. The van der Waals surface area contributed by atoms with Gasteiger partial charge in [0.15, 0.2) is 0 Å². The van der Waals surface area contributed by atoms with Gasteiger partial charge in [0.25, 0.3) is 0 Å². The molecule has 1 aromatic carbocycles. The van der Waals surface area contributed by atoms with E-state index in [0.29, 0.717) is 0 Å². The van der Waals surface area contributed by atoms with E-state index >= 15 is 0 Å². The number of aliphatic carboxylic acids is 2. The highest BCUT2D eigenvalue weighted by atomic mass is 19.1. The Bertz CT molecular complexity index is 577. The fourth-order valence-corrected chi connectivity index (χ4v) is 1.79. The fraction of sp³-hybridized carbons (Fsp3) is 0.333. The number of nitro groups is 1. The summed E-state index contributed by atoms with van der Waals surface area (Å²) in [6.45, 7) is 0. The molecule has 2 unspecified atom stereocenters. The average molecular weight is 300 g/mol. The van der Waals surface area contributed by atoms with Crippen LogP contribution in [0, 0.1) is 21.8 Å². The smallest absolute Gasteiger partial charge is 0.320 e. The Morgan fingerprint density at radius 2 is 1.95 bits per heavy atom. The number of rotatable bonds is 7. The topological polar surface area (TPSA) is 144 Å². The van der Waals surface area contributed by atoms with Crippen LogP contribution in [0.2, 0.25) is 0 Å². The Morgan fingerprint density at radius 1 is 1.33 bits per heavy atom. The first-order chi connectivity index (χ1) is 9.72. The molecule has 0 amide bonds. The zero-order valence-corrected chi connectivity index (χ0v) is 10.7. The first-order valence-electron chi connectivity index (χ1n) is 5.86. The van der Waals surface area contributed by atoms with Crippen molar-refractivity contribution in [3.8, 4) is 0 Å². The SMILES string of the molecule is NC(CC(Cc1ccc([N+](=O)[O-])c(F)c1)C(=O)O)C(=O)O. The Balaban J connectivity index is 2.90. The molecule has 8 nitrogen and oxygen atoms in total. The van der Waals surface area contributed by atoms with E-state index in [9.17, 15) is 24.1 Å². The molecule has 4 N–H and O–H groups in total. The number of nitro benzene ring substituents is 1. The van der Waals surface area contributed by atoms with Crippen molar-refractivity contribution in [2.24, 2.45) is 11.7 Å². The standard InChI is InChI=1S/C12H13FN2O6/c13-8-4-6(1-2-10(8)15(20)21)3-7(11(16)17)5-9(14)12(18)19/h1-2,4,7,9H,3,5,14H2,(H,16,17)(H,18,19). The van der Waals surface area contributed by atoms with Crippen molar-refractivity contribution in [1.29, 1.82) is 0 Å². The van der Waals surface area contributed by atoms with Crippen LogP contribution in [0.3, 0.4) is 0 Å². The van der Waals surface area contributed by atoms with Gasteiger partial charge in [-0.25, -0.2) is 0 Å². The molecule has 21 heavy (non-hydrogen) atoms. The van der Waals surface area contributed by atoms with Crippen LogP contribution in [0.5, 0.6) is 0 Å². The van der Waals surface area contributed by atoms with Crippen LogP contribution in [0.25, 0.3) is 0 Å². The van der Waals surface area contributed by atoms with Crippen LogP contribution in [0.4, 0.5) is 10.1 Å². The Morgan fingerprint density at radius 3 is 2.38 bits per heavy atom. The molecule has 9 heteroatoms. The molecule has 0 aromatic heterocycles. The summed E-state index contributed by atoms with van der Waals surface area (Å²) >= 11 is 0. The summed E-state index contributed by atoms with van der Waals surface area (Å²) in [6, 6.07) is 1.67. The third-order valence-electron chi connectivity index (χ3n) is 2.90. The summed E-state index contributed by atoms with van der Waals surface area (Å²) in [6.07, 6.45) is -0.505. The number of nitrogens with zero attached hydrogens (tertiary/aromatic N) is 1. The third kappa shape index (κ3) is 4.49. The van der Waals surface area contributed by atoms with Crippen molar-refractivity contribution >= 4 is 17.6 Å². The normalized spacial score (nSPS) is 13.4. The molecule has 1 aromatic rings. The van der Waals surface area contributed by atoms with Crippen LogP contribution in [0.15, 0.2) is 18.2 Å². The second-order valence-electron chi connectivity index (χ2n) is 4.46. The van der Waals surface area contributed by atoms with Crippen molar-refractivity contribution in [3.05, 3.63) is 39.7 Å². The first kappa shape index (κ1) is 16.5. The highest BCUT2D eigenvalue weighted by Gasteiger charge is 2.25. The molecule has 0 radical (unpaired) electrons. The van der Waals surface area contributed by atoms with Crippen LogP contribution in [-0.4, -0.2) is 33.1 Å². The zero-order chi connectivity index (χ0) is 16.2. The Kier molecular flexibility index (Phi) is 5.30. The van der Waals surface area contributed by atoms with Gasteiger partial charge in [-0.05, 0) is 24.5 Å². The quantitative estimate of drug-likeness (QED) is 0.498. The van der Waals surface area contributed by atoms with E-state index in [1.807, 2.05) is 0 Å². The molecule has 0 aliphatic heterocycles. The number of carbonyl (C=O) groups is 2. The largest absolute Gasteiger partial charge is 0.481 e. The molecule has 0 bridgehead atoms. The maximum absolute atomic E-state index is 13.4. The molecule has 0 aliphatic rings. The van der Waals surface area contributed by atoms with Crippen molar-refractivity contribution in [1.82, 2.24) is 0 Å². The monoisotopic (exact) mass is 300 g/mol. The lowest BCUT2D eigenvalue weighted by molar-refractivity contribution is -0.387. The summed E-state index contributed by atoms with van der Waals surface area (Å²) in [5.41, 5.74) is 4.77. The minimum absolute atomic E-state index is 0.175. The van der Waals surface area contributed by atoms with Crippen molar-refractivity contribution in [2.75, 3.05) is 0 Å². The summed E-state index contributed by atoms with van der Waals surface area (Å²) in [7, 11) is 0. The predicted octanol–water partition coefficient (Wildman–Crippen LogP) is 0.779. The highest BCUT2D eigenvalue weighted by Crippen LogP contribution is 2.21. The van der Waals surface area contributed by atoms with E-state index in [0.717, 1.165) is 12.1 Å². The van der Waals surface area contributed by atoms with Gasteiger partial charge in [-0.1, -0.05) is 6.07 Å². The second-order valence-corrected chi connectivity index (χ2v) is 4.46. The minimum atomic E-state index is -1.35. The molecular formula is C12H13FN2O6. The van der Waals surface area contributed by atoms with E-state index in [4.69, 9.17) is 15.9 Å². The lowest BCUT2D eigenvalue weighted by Crippen LogP contribution is -2.35. The predicted molar refractivity (Wildman–Crippen MR) is 68.1 cm³/mol. The first-order valence-corrected chi connectivity index (χ1v) is 5.86. The summed E-state index contributed by atoms with van der Waals surface area (Å²) in [4.78, 5) is 31.3. The fourth-order valence-electron chi connectivity index (χ4n) is 1.79. The van der Waals surface area contributed by atoms with E-state index < -0.39 is 40.3 Å². The van der Waals surface area contributed by atoms with Gasteiger partial charge in [0.05, 0.1) is 10.8 Å². The molecule has 1 rings (SSSR count). The van der Waals surface area contributed by atoms with Gasteiger partial charge in [-0.2, -0.15) is 4.39 Å². The molecule has 0 aliphatic carbocycles. The molecule has 2 atom stereocenters. The maximum Gasteiger partial charge on any atom is 0.320 e. The Hall–Kier alpha value is -2.55. The van der Waals surface area contributed by atoms with Crippen molar-refractivity contribution in [3.63, 3.8) is 0 Å². The van der Waals surface area contributed by atoms with Gasteiger partial charge in [0.1, 0.15) is 6.04 Å². The second kappa shape index (κ2) is 6.75. The van der Waals surface area contributed by atoms with Gasteiger partial charge < -0.3 is 15.9 Å². The molecule has 114 valence electrons. The third-order valence-corrected chi connectivity index (χ3v) is 2.90. The minimum Gasteiger partial charge on any atom is -0.481 e. The van der Waals surface area contributed by atoms with Gasteiger partial charge in [0, 0.05) is 6.07 Å². The molecule has 0 saturated carbocycles. The van der Waals surface area contributed by atoms with E-state index in [1.54, 1.807) is 0 Å².